The monoisotopic (exact) mass is 230 g/mol. The second-order valence-electron chi connectivity index (χ2n) is 2.56. The second kappa shape index (κ2) is 3.11. The number of imidazole rings is 1. The average molecular weight is 231 g/mol. The van der Waals surface area contributed by atoms with Gasteiger partial charge in [0.25, 0.3) is 5.91 Å². The molecule has 2 N–H and O–H groups in total. The summed E-state index contributed by atoms with van der Waals surface area (Å²) in [5, 5.41) is 4.34. The highest BCUT2D eigenvalue weighted by atomic mass is 35.5. The van der Waals surface area contributed by atoms with E-state index in [1.54, 1.807) is 0 Å². The van der Waals surface area contributed by atoms with Crippen LogP contribution in [-0.4, -0.2) is 20.5 Å². The summed E-state index contributed by atoms with van der Waals surface area (Å²) < 4.78 is 1.22. The van der Waals surface area contributed by atoms with Gasteiger partial charge in [-0.3, -0.25) is 4.79 Å². The van der Waals surface area contributed by atoms with Gasteiger partial charge >= 0.3 is 0 Å². The van der Waals surface area contributed by atoms with E-state index >= 15 is 0 Å². The Morgan fingerprint density at radius 1 is 1.50 bits per heavy atom. The summed E-state index contributed by atoms with van der Waals surface area (Å²) in [4.78, 5) is 14.8. The molecule has 0 saturated carbocycles. The van der Waals surface area contributed by atoms with E-state index in [2.05, 4.69) is 10.1 Å². The third-order valence-corrected chi connectivity index (χ3v) is 2.11. The van der Waals surface area contributed by atoms with Crippen molar-refractivity contribution in [3.8, 4) is 0 Å². The van der Waals surface area contributed by atoms with Crippen LogP contribution in [0.5, 0.6) is 0 Å². The zero-order valence-electron chi connectivity index (χ0n) is 6.74. The number of carbonyl (C=O) groups excluding carboxylic acids is 1. The summed E-state index contributed by atoms with van der Waals surface area (Å²) in [5.74, 6) is -0.636. The molecule has 0 atom stereocenters. The summed E-state index contributed by atoms with van der Waals surface area (Å²) >= 11 is 11.5. The number of hydrogen-bond donors (Lipinski definition) is 1. The van der Waals surface area contributed by atoms with Crippen molar-refractivity contribution >= 4 is 34.8 Å². The predicted octanol–water partition coefficient (Wildman–Crippen LogP) is 1.14. The van der Waals surface area contributed by atoms with Crippen LogP contribution < -0.4 is 5.73 Å². The summed E-state index contributed by atoms with van der Waals surface area (Å²) in [7, 11) is 0. The highest BCUT2D eigenvalue weighted by Gasteiger charge is 2.12. The van der Waals surface area contributed by atoms with Crippen LogP contribution in [0.4, 0.5) is 0 Å². The van der Waals surface area contributed by atoms with Crippen molar-refractivity contribution in [3.63, 3.8) is 0 Å². The van der Waals surface area contributed by atoms with E-state index in [1.165, 1.54) is 16.8 Å². The van der Waals surface area contributed by atoms with E-state index in [4.69, 9.17) is 28.9 Å². The van der Waals surface area contributed by atoms with E-state index in [9.17, 15) is 4.79 Å². The Kier molecular flexibility index (Phi) is 2.05. The van der Waals surface area contributed by atoms with Crippen LogP contribution >= 0.6 is 23.2 Å². The molecule has 0 fully saturated rings. The summed E-state index contributed by atoms with van der Waals surface area (Å²) in [6, 6.07) is 1.44. The fraction of sp³-hybridized carbons (Fsp3) is 0. The molecule has 2 aromatic heterocycles. The molecular weight excluding hydrogens is 227 g/mol. The van der Waals surface area contributed by atoms with Gasteiger partial charge in [0.2, 0.25) is 0 Å². The van der Waals surface area contributed by atoms with Crippen LogP contribution in [0.25, 0.3) is 5.65 Å². The first-order valence-electron chi connectivity index (χ1n) is 3.59. The Hall–Kier alpha value is -1.33. The van der Waals surface area contributed by atoms with Crippen LogP contribution in [-0.2, 0) is 0 Å². The van der Waals surface area contributed by atoms with Gasteiger partial charge in [-0.2, -0.15) is 5.10 Å². The fourth-order valence-corrected chi connectivity index (χ4v) is 1.54. The molecule has 14 heavy (non-hydrogen) atoms. The Morgan fingerprint density at radius 3 is 2.86 bits per heavy atom. The SMILES string of the molecule is NC(=O)c1cnc2c(Cl)cc(Cl)nn12. The smallest absolute Gasteiger partial charge is 0.269 e. The first kappa shape index (κ1) is 9.23. The Bertz CT molecular complexity index is 522. The number of hydrogen-bond acceptors (Lipinski definition) is 3. The number of aromatic nitrogens is 3. The van der Waals surface area contributed by atoms with Gasteiger partial charge in [0.1, 0.15) is 5.69 Å². The van der Waals surface area contributed by atoms with E-state index in [0.29, 0.717) is 10.7 Å². The summed E-state index contributed by atoms with van der Waals surface area (Å²) in [5.41, 5.74) is 5.59. The molecule has 0 saturated heterocycles. The molecule has 5 nitrogen and oxygen atoms in total. The number of nitrogens with zero attached hydrogens (tertiary/aromatic N) is 3. The number of primary amides is 1. The molecule has 7 heteroatoms. The zero-order valence-corrected chi connectivity index (χ0v) is 8.25. The van der Waals surface area contributed by atoms with E-state index in [-0.39, 0.29) is 10.8 Å². The maximum Gasteiger partial charge on any atom is 0.269 e. The molecule has 0 aliphatic heterocycles. The van der Waals surface area contributed by atoms with Crippen LogP contribution in [0.15, 0.2) is 12.3 Å². The van der Waals surface area contributed by atoms with Gasteiger partial charge in [-0.15, -0.1) is 0 Å². The van der Waals surface area contributed by atoms with Crippen molar-refractivity contribution in [1.29, 1.82) is 0 Å². The molecule has 0 radical (unpaired) electrons. The van der Waals surface area contributed by atoms with Crippen molar-refractivity contribution in [2.24, 2.45) is 5.73 Å². The lowest BCUT2D eigenvalue weighted by Crippen LogP contribution is -2.14. The zero-order chi connectivity index (χ0) is 10.3. The number of rotatable bonds is 1. The lowest BCUT2D eigenvalue weighted by Gasteiger charge is -1.98. The normalized spacial score (nSPS) is 10.7. The molecular formula is C7H4Cl2N4O. The molecule has 2 aromatic rings. The predicted molar refractivity (Wildman–Crippen MR) is 51.5 cm³/mol. The van der Waals surface area contributed by atoms with Crippen LogP contribution in [0.3, 0.4) is 0 Å². The molecule has 2 rings (SSSR count). The molecule has 1 amide bonds. The fourth-order valence-electron chi connectivity index (χ4n) is 1.07. The number of carbonyl (C=O) groups is 1. The number of nitrogens with two attached hydrogens (primary N) is 1. The molecule has 0 aliphatic carbocycles. The molecule has 0 bridgehead atoms. The first-order valence-corrected chi connectivity index (χ1v) is 4.35. The topological polar surface area (TPSA) is 73.3 Å². The maximum atomic E-state index is 10.9. The van der Waals surface area contributed by atoms with Crippen LogP contribution in [0, 0.1) is 0 Å². The minimum atomic E-state index is -0.636. The van der Waals surface area contributed by atoms with E-state index in [0.717, 1.165) is 0 Å². The molecule has 0 aliphatic rings. The van der Waals surface area contributed by atoms with Gasteiger partial charge in [0.15, 0.2) is 10.8 Å². The van der Waals surface area contributed by atoms with Gasteiger partial charge in [-0.1, -0.05) is 23.2 Å². The van der Waals surface area contributed by atoms with Crippen molar-refractivity contribution < 1.29 is 4.79 Å². The minimum Gasteiger partial charge on any atom is -0.364 e. The number of fused-ring (bicyclic) bond motifs is 1. The first-order chi connectivity index (χ1) is 6.59. The molecule has 0 spiro atoms. The Labute approximate surface area is 88.4 Å². The van der Waals surface area contributed by atoms with Crippen molar-refractivity contribution in [1.82, 2.24) is 14.6 Å². The molecule has 0 aromatic carbocycles. The van der Waals surface area contributed by atoms with Crippen molar-refractivity contribution in [2.45, 2.75) is 0 Å². The Morgan fingerprint density at radius 2 is 2.21 bits per heavy atom. The van der Waals surface area contributed by atoms with Gasteiger partial charge in [-0.25, -0.2) is 9.50 Å². The summed E-state index contributed by atoms with van der Waals surface area (Å²) in [6.07, 6.45) is 1.30. The molecule has 72 valence electrons. The number of amides is 1. The van der Waals surface area contributed by atoms with Gasteiger partial charge < -0.3 is 5.73 Å². The second-order valence-corrected chi connectivity index (χ2v) is 3.35. The Balaban J connectivity index is 2.85. The van der Waals surface area contributed by atoms with Gasteiger partial charge in [-0.05, 0) is 6.07 Å². The lowest BCUT2D eigenvalue weighted by atomic mass is 10.5. The highest BCUT2D eigenvalue weighted by molar-refractivity contribution is 6.35. The lowest BCUT2D eigenvalue weighted by molar-refractivity contribution is 0.0993. The molecule has 2 heterocycles. The third-order valence-electron chi connectivity index (χ3n) is 1.65. The van der Waals surface area contributed by atoms with Crippen LogP contribution in [0.1, 0.15) is 10.5 Å². The number of halogens is 2. The largest absolute Gasteiger partial charge is 0.364 e. The quantitative estimate of drug-likeness (QED) is 0.799. The van der Waals surface area contributed by atoms with Crippen molar-refractivity contribution in [2.75, 3.05) is 0 Å². The third kappa shape index (κ3) is 1.30. The van der Waals surface area contributed by atoms with Gasteiger partial charge in [0.05, 0.1) is 11.2 Å². The van der Waals surface area contributed by atoms with Crippen LogP contribution in [0.2, 0.25) is 10.2 Å². The summed E-state index contributed by atoms with van der Waals surface area (Å²) in [6.45, 7) is 0. The molecule has 0 unspecified atom stereocenters. The highest BCUT2D eigenvalue weighted by Crippen LogP contribution is 2.19. The van der Waals surface area contributed by atoms with Crippen molar-refractivity contribution in [3.05, 3.63) is 28.1 Å². The average Bonchev–Trinajstić information content (AvgIpc) is 2.47. The minimum absolute atomic E-state index is 0.143. The maximum absolute atomic E-state index is 10.9. The standard InChI is InChI=1S/C7H4Cl2N4O/c8-3-1-5(9)12-13-4(6(10)14)2-11-7(3)13/h1-2H,(H2,10,14). The van der Waals surface area contributed by atoms with E-state index in [1.807, 2.05) is 0 Å². The van der Waals surface area contributed by atoms with E-state index < -0.39 is 5.91 Å². The van der Waals surface area contributed by atoms with Gasteiger partial charge in [0, 0.05) is 0 Å².